The first-order valence-corrected chi connectivity index (χ1v) is 8.94. The summed E-state index contributed by atoms with van der Waals surface area (Å²) in [7, 11) is 1.83. The molecule has 2 heterocycles. The van der Waals surface area contributed by atoms with Crippen LogP contribution in [0.25, 0.3) is 0 Å². The van der Waals surface area contributed by atoms with Crippen molar-refractivity contribution in [2.45, 2.75) is 26.9 Å². The fourth-order valence-electron chi connectivity index (χ4n) is 2.98. The van der Waals surface area contributed by atoms with Crippen molar-refractivity contribution in [3.63, 3.8) is 0 Å². The summed E-state index contributed by atoms with van der Waals surface area (Å²) in [5, 5.41) is 0. The van der Waals surface area contributed by atoms with E-state index in [1.165, 1.54) is 0 Å². The van der Waals surface area contributed by atoms with Crippen LogP contribution in [0.4, 0.5) is 0 Å². The van der Waals surface area contributed by atoms with Gasteiger partial charge in [-0.15, -0.1) is 0 Å². The minimum Gasteiger partial charge on any atom is -0.467 e. The predicted molar refractivity (Wildman–Crippen MR) is 102 cm³/mol. The number of nitrogens with zero attached hydrogens (tertiary/aromatic N) is 2. The van der Waals surface area contributed by atoms with Crippen LogP contribution in [0, 0.1) is 13.8 Å². The SMILES string of the molecule is Cc1cc(C(=O)N(C)Cc2ccccc2Br)c(C)n1Cc1ccco1. The lowest BCUT2D eigenvalue weighted by atomic mass is 10.2. The van der Waals surface area contributed by atoms with Crippen molar-refractivity contribution in [3.05, 3.63) is 81.5 Å². The maximum atomic E-state index is 12.9. The molecule has 0 unspecified atom stereocenters. The van der Waals surface area contributed by atoms with Gasteiger partial charge >= 0.3 is 0 Å². The van der Waals surface area contributed by atoms with Gasteiger partial charge in [-0.25, -0.2) is 0 Å². The second kappa shape index (κ2) is 7.31. The van der Waals surface area contributed by atoms with E-state index in [9.17, 15) is 4.79 Å². The minimum atomic E-state index is 0.0227. The molecule has 5 heteroatoms. The normalized spacial score (nSPS) is 10.9. The molecule has 3 rings (SSSR count). The van der Waals surface area contributed by atoms with E-state index in [0.29, 0.717) is 13.1 Å². The first-order chi connectivity index (χ1) is 12.0. The number of aryl methyl sites for hydroxylation is 1. The maximum Gasteiger partial charge on any atom is 0.255 e. The lowest BCUT2D eigenvalue weighted by molar-refractivity contribution is 0.0784. The molecule has 4 nitrogen and oxygen atoms in total. The zero-order valence-corrected chi connectivity index (χ0v) is 16.2. The Labute approximate surface area is 156 Å². The smallest absolute Gasteiger partial charge is 0.255 e. The summed E-state index contributed by atoms with van der Waals surface area (Å²) in [6.45, 7) is 5.18. The largest absolute Gasteiger partial charge is 0.467 e. The predicted octanol–water partition coefficient (Wildman–Crippen LogP) is 4.78. The number of hydrogen-bond donors (Lipinski definition) is 0. The summed E-state index contributed by atoms with van der Waals surface area (Å²) in [4.78, 5) is 14.7. The Morgan fingerprint density at radius 2 is 1.96 bits per heavy atom. The van der Waals surface area contributed by atoms with Crippen molar-refractivity contribution in [1.82, 2.24) is 9.47 Å². The Hall–Kier alpha value is -2.27. The zero-order chi connectivity index (χ0) is 18.0. The Balaban J connectivity index is 1.81. The second-order valence-corrected chi connectivity index (χ2v) is 7.06. The molecule has 2 aromatic heterocycles. The number of benzene rings is 1. The third-order valence-corrected chi connectivity index (χ3v) is 5.18. The number of aromatic nitrogens is 1. The number of halogens is 1. The molecular weight excluding hydrogens is 380 g/mol. The van der Waals surface area contributed by atoms with Gasteiger partial charge in [0.25, 0.3) is 5.91 Å². The van der Waals surface area contributed by atoms with Gasteiger partial charge in [-0.1, -0.05) is 34.1 Å². The topological polar surface area (TPSA) is 38.4 Å². The first kappa shape index (κ1) is 17.5. The first-order valence-electron chi connectivity index (χ1n) is 8.15. The third kappa shape index (κ3) is 3.71. The van der Waals surface area contributed by atoms with Crippen LogP contribution >= 0.6 is 15.9 Å². The van der Waals surface area contributed by atoms with E-state index in [1.807, 2.05) is 63.4 Å². The summed E-state index contributed by atoms with van der Waals surface area (Å²) < 4.78 is 8.56. The van der Waals surface area contributed by atoms with Crippen molar-refractivity contribution in [2.24, 2.45) is 0 Å². The van der Waals surface area contributed by atoms with E-state index < -0.39 is 0 Å². The molecule has 0 aliphatic carbocycles. The van der Waals surface area contributed by atoms with Crippen LogP contribution in [0.1, 0.15) is 33.1 Å². The highest BCUT2D eigenvalue weighted by Crippen LogP contribution is 2.21. The van der Waals surface area contributed by atoms with Gasteiger partial charge in [-0.3, -0.25) is 4.79 Å². The van der Waals surface area contributed by atoms with Crippen LogP contribution in [0.5, 0.6) is 0 Å². The van der Waals surface area contributed by atoms with Gasteiger partial charge in [-0.05, 0) is 43.7 Å². The fourth-order valence-corrected chi connectivity index (χ4v) is 3.39. The van der Waals surface area contributed by atoms with Gasteiger partial charge in [0.05, 0.1) is 18.4 Å². The third-order valence-electron chi connectivity index (χ3n) is 4.41. The molecule has 0 aliphatic rings. The molecule has 1 aromatic carbocycles. The molecule has 0 saturated heterocycles. The van der Waals surface area contributed by atoms with Gasteiger partial charge in [0.2, 0.25) is 0 Å². The molecule has 0 spiro atoms. The molecule has 0 atom stereocenters. The van der Waals surface area contributed by atoms with Crippen LogP contribution < -0.4 is 0 Å². The highest BCUT2D eigenvalue weighted by Gasteiger charge is 2.20. The van der Waals surface area contributed by atoms with Gasteiger partial charge in [0.1, 0.15) is 5.76 Å². The van der Waals surface area contributed by atoms with Crippen LogP contribution in [0.15, 0.2) is 57.6 Å². The van der Waals surface area contributed by atoms with Gasteiger partial charge in [0, 0.05) is 29.5 Å². The van der Waals surface area contributed by atoms with Crippen molar-refractivity contribution in [1.29, 1.82) is 0 Å². The Bertz CT molecular complexity index is 881. The number of rotatable bonds is 5. The molecule has 0 N–H and O–H groups in total. The molecule has 0 aliphatic heterocycles. The van der Waals surface area contributed by atoms with Crippen LogP contribution in [-0.4, -0.2) is 22.4 Å². The lowest BCUT2D eigenvalue weighted by Gasteiger charge is -2.18. The molecule has 1 amide bonds. The van der Waals surface area contributed by atoms with Gasteiger partial charge in [0.15, 0.2) is 0 Å². The van der Waals surface area contributed by atoms with Crippen molar-refractivity contribution in [2.75, 3.05) is 7.05 Å². The van der Waals surface area contributed by atoms with E-state index in [0.717, 1.165) is 32.7 Å². The Morgan fingerprint density at radius 1 is 1.20 bits per heavy atom. The molecular formula is C20H21BrN2O2. The monoisotopic (exact) mass is 400 g/mol. The number of furan rings is 1. The maximum absolute atomic E-state index is 12.9. The number of amides is 1. The highest BCUT2D eigenvalue weighted by atomic mass is 79.9. The molecule has 0 saturated carbocycles. The van der Waals surface area contributed by atoms with E-state index in [2.05, 4.69) is 20.5 Å². The van der Waals surface area contributed by atoms with Gasteiger partial charge in [-0.2, -0.15) is 0 Å². The second-order valence-electron chi connectivity index (χ2n) is 6.20. The standard InChI is InChI=1S/C20H21BrN2O2/c1-14-11-18(15(2)23(14)13-17-8-6-10-25-17)20(24)22(3)12-16-7-4-5-9-19(16)21/h4-11H,12-13H2,1-3H3. The van der Waals surface area contributed by atoms with Crippen molar-refractivity contribution >= 4 is 21.8 Å². The quantitative estimate of drug-likeness (QED) is 0.617. The van der Waals surface area contributed by atoms with Crippen LogP contribution in [0.2, 0.25) is 0 Å². The summed E-state index contributed by atoms with van der Waals surface area (Å²) in [5.74, 6) is 0.900. The molecule has 0 fully saturated rings. The molecule has 25 heavy (non-hydrogen) atoms. The molecule has 0 bridgehead atoms. The Kier molecular flexibility index (Phi) is 5.13. The van der Waals surface area contributed by atoms with E-state index in [4.69, 9.17) is 4.42 Å². The Morgan fingerprint density at radius 3 is 2.64 bits per heavy atom. The summed E-state index contributed by atoms with van der Waals surface area (Å²) in [6.07, 6.45) is 1.67. The van der Waals surface area contributed by atoms with Gasteiger partial charge < -0.3 is 13.9 Å². The lowest BCUT2D eigenvalue weighted by Crippen LogP contribution is -2.26. The highest BCUT2D eigenvalue weighted by molar-refractivity contribution is 9.10. The minimum absolute atomic E-state index is 0.0227. The zero-order valence-electron chi connectivity index (χ0n) is 14.6. The van der Waals surface area contributed by atoms with E-state index in [1.54, 1.807) is 11.2 Å². The summed E-state index contributed by atoms with van der Waals surface area (Å²) in [5.41, 5.74) is 3.82. The van der Waals surface area contributed by atoms with Crippen molar-refractivity contribution < 1.29 is 9.21 Å². The van der Waals surface area contributed by atoms with Crippen LogP contribution in [0.3, 0.4) is 0 Å². The fraction of sp³-hybridized carbons (Fsp3) is 0.250. The summed E-state index contributed by atoms with van der Waals surface area (Å²) >= 11 is 3.54. The number of carbonyl (C=O) groups is 1. The number of carbonyl (C=O) groups excluding carboxylic acids is 1. The van der Waals surface area contributed by atoms with Crippen molar-refractivity contribution in [3.8, 4) is 0 Å². The van der Waals surface area contributed by atoms with E-state index in [-0.39, 0.29) is 5.91 Å². The van der Waals surface area contributed by atoms with Crippen LogP contribution in [-0.2, 0) is 13.1 Å². The average Bonchev–Trinajstić information content (AvgIpc) is 3.20. The molecule has 130 valence electrons. The number of hydrogen-bond acceptors (Lipinski definition) is 2. The molecule has 3 aromatic rings. The average molecular weight is 401 g/mol. The summed E-state index contributed by atoms with van der Waals surface area (Å²) in [6, 6.07) is 13.7. The van der Waals surface area contributed by atoms with E-state index >= 15 is 0 Å². The molecule has 0 radical (unpaired) electrons.